The molecule has 0 saturated heterocycles. The summed E-state index contributed by atoms with van der Waals surface area (Å²) < 4.78 is 0. The molecular weight excluding hydrogens is 440 g/mol. The second-order valence-corrected chi connectivity index (χ2v) is 14.4. The zero-order valence-corrected chi connectivity index (χ0v) is 23.2. The Hall–Kier alpha value is -1.20. The van der Waals surface area contributed by atoms with Gasteiger partial charge in [-0.15, -0.1) is 0 Å². The maximum absolute atomic E-state index is 12.9. The summed E-state index contributed by atoms with van der Waals surface area (Å²) in [7, 11) is 0. The van der Waals surface area contributed by atoms with Crippen LogP contribution in [0.5, 0.6) is 0 Å². The Balaban J connectivity index is 1.69. The van der Waals surface area contributed by atoms with Crippen molar-refractivity contribution in [2.75, 3.05) is 0 Å². The van der Waals surface area contributed by atoms with E-state index >= 15 is 0 Å². The molecular formula is C30H48O5. The minimum atomic E-state index is -1.19. The van der Waals surface area contributed by atoms with Crippen LogP contribution in [0.1, 0.15) is 107 Å². The number of hydrogen-bond donors (Lipinski definition) is 3. The highest BCUT2D eigenvalue weighted by Gasteiger charge is 2.69. The molecule has 0 amide bonds. The fourth-order valence-electron chi connectivity index (χ4n) is 9.58. The maximum Gasteiger partial charge on any atom is 0.311 e. The number of aliphatic hydroxyl groups excluding tert-OH is 2. The summed E-state index contributed by atoms with van der Waals surface area (Å²) in [6, 6.07) is 0. The molecule has 4 aliphatic rings. The van der Waals surface area contributed by atoms with E-state index in [4.69, 9.17) is 0 Å². The van der Waals surface area contributed by atoms with Crippen LogP contribution in [0.2, 0.25) is 0 Å². The monoisotopic (exact) mass is 488 g/mol. The topological polar surface area (TPSA) is 94.8 Å². The molecule has 0 aromatic carbocycles. The Labute approximate surface area is 211 Å². The van der Waals surface area contributed by atoms with Crippen LogP contribution in [0.15, 0.2) is 11.1 Å². The van der Waals surface area contributed by atoms with E-state index in [2.05, 4.69) is 41.5 Å². The number of hydrogen-bond acceptors (Lipinski definition) is 4. The van der Waals surface area contributed by atoms with E-state index in [1.807, 2.05) is 0 Å². The van der Waals surface area contributed by atoms with Gasteiger partial charge in [-0.2, -0.15) is 0 Å². The fourth-order valence-corrected chi connectivity index (χ4v) is 9.58. The summed E-state index contributed by atoms with van der Waals surface area (Å²) in [5.41, 5.74) is 1.03. The number of aliphatic hydroxyl groups is 2. The van der Waals surface area contributed by atoms with Gasteiger partial charge in [-0.3, -0.25) is 9.59 Å². The highest BCUT2D eigenvalue weighted by atomic mass is 16.4. The summed E-state index contributed by atoms with van der Waals surface area (Å²) in [4.78, 5) is 24.5. The van der Waals surface area contributed by atoms with Crippen molar-refractivity contribution in [2.24, 2.45) is 44.8 Å². The number of aliphatic carboxylic acids is 1. The van der Waals surface area contributed by atoms with Gasteiger partial charge in [-0.1, -0.05) is 52.7 Å². The van der Waals surface area contributed by atoms with Gasteiger partial charge in [0.05, 0.1) is 17.6 Å². The average molecular weight is 489 g/mol. The lowest BCUT2D eigenvalue weighted by Crippen LogP contribution is -2.65. The molecule has 0 radical (unpaired) electrons. The van der Waals surface area contributed by atoms with Crippen LogP contribution in [-0.2, 0) is 9.59 Å². The first-order chi connectivity index (χ1) is 15.9. The van der Waals surface area contributed by atoms with E-state index in [1.54, 1.807) is 13.8 Å². The average Bonchev–Trinajstić information content (AvgIpc) is 3.08. The standard InChI is InChI=1S/C30H48O5/c1-17(15-23(33)27(4,5)25(34)35)18-9-13-29(7)19(18)16-20(31)24-28(6)12-11-22(32)26(2,3)21(28)10-14-30(24,29)8/h17,20-21,23-24,31,33H,9-16H2,1-8H3,(H,34,35). The van der Waals surface area contributed by atoms with Crippen molar-refractivity contribution in [3.63, 3.8) is 0 Å². The van der Waals surface area contributed by atoms with Crippen molar-refractivity contribution in [3.8, 4) is 0 Å². The first kappa shape index (κ1) is 26.9. The largest absolute Gasteiger partial charge is 0.481 e. The van der Waals surface area contributed by atoms with Gasteiger partial charge in [0.1, 0.15) is 5.78 Å². The van der Waals surface area contributed by atoms with E-state index in [0.29, 0.717) is 31.0 Å². The molecule has 5 heteroatoms. The van der Waals surface area contributed by atoms with Gasteiger partial charge >= 0.3 is 5.97 Å². The summed E-state index contributed by atoms with van der Waals surface area (Å²) in [5.74, 6) is -0.0766. The predicted molar refractivity (Wildman–Crippen MR) is 137 cm³/mol. The SMILES string of the molecule is CC(CC(O)C(C)(C)C(=O)O)C1=C2CC(O)C3C4(C)CCC(=O)C(C)(C)C4CCC3(C)C2(C)CC1. The Kier molecular flexibility index (Phi) is 6.25. The fraction of sp³-hybridized carbons (Fsp3) is 0.867. The third-order valence-corrected chi connectivity index (χ3v) is 12.2. The summed E-state index contributed by atoms with van der Waals surface area (Å²) >= 11 is 0. The van der Waals surface area contributed by atoms with Crippen LogP contribution in [0, 0.1) is 44.8 Å². The zero-order valence-electron chi connectivity index (χ0n) is 23.2. The van der Waals surface area contributed by atoms with Crippen molar-refractivity contribution in [1.29, 1.82) is 0 Å². The van der Waals surface area contributed by atoms with Crippen molar-refractivity contribution in [3.05, 3.63) is 11.1 Å². The van der Waals surface area contributed by atoms with Crippen LogP contribution in [0.4, 0.5) is 0 Å². The van der Waals surface area contributed by atoms with Crippen LogP contribution >= 0.6 is 0 Å². The molecule has 0 spiro atoms. The first-order valence-corrected chi connectivity index (χ1v) is 13.8. The van der Waals surface area contributed by atoms with Gasteiger partial charge in [-0.25, -0.2) is 0 Å². The zero-order chi connectivity index (χ0) is 26.4. The van der Waals surface area contributed by atoms with Crippen LogP contribution in [-0.4, -0.2) is 39.3 Å². The molecule has 4 aliphatic carbocycles. The molecule has 0 aromatic heterocycles. The Morgan fingerprint density at radius 3 is 2.31 bits per heavy atom. The van der Waals surface area contributed by atoms with Crippen molar-refractivity contribution in [2.45, 2.75) is 119 Å². The maximum atomic E-state index is 12.9. The van der Waals surface area contributed by atoms with Crippen molar-refractivity contribution < 1.29 is 24.9 Å². The second kappa shape index (κ2) is 8.15. The number of allylic oxidation sites excluding steroid dienone is 1. The number of carboxylic acids is 1. The van der Waals surface area contributed by atoms with Gasteiger partial charge < -0.3 is 15.3 Å². The molecule has 0 aliphatic heterocycles. The molecule has 3 fully saturated rings. The normalized spacial score (nSPS) is 42.7. The van der Waals surface area contributed by atoms with E-state index in [1.165, 1.54) is 11.1 Å². The molecule has 0 heterocycles. The molecule has 8 unspecified atom stereocenters. The van der Waals surface area contributed by atoms with E-state index < -0.39 is 23.6 Å². The van der Waals surface area contributed by atoms with Gasteiger partial charge in [-0.05, 0) is 92.8 Å². The molecule has 0 bridgehead atoms. The third-order valence-electron chi connectivity index (χ3n) is 12.2. The number of ketones is 1. The molecule has 5 nitrogen and oxygen atoms in total. The quantitative estimate of drug-likeness (QED) is 0.427. The Morgan fingerprint density at radius 1 is 1.09 bits per heavy atom. The van der Waals surface area contributed by atoms with E-state index in [0.717, 1.165) is 32.1 Å². The Morgan fingerprint density at radius 2 is 1.71 bits per heavy atom. The number of Topliss-reactive ketones (excluding diaryl/α,β-unsaturated/α-hetero) is 1. The number of carboxylic acid groups (broad SMARTS) is 1. The minimum Gasteiger partial charge on any atom is -0.481 e. The Bertz CT molecular complexity index is 946. The molecule has 3 N–H and O–H groups in total. The summed E-state index contributed by atoms with van der Waals surface area (Å²) in [5, 5.41) is 32.2. The van der Waals surface area contributed by atoms with E-state index in [9.17, 15) is 24.9 Å². The van der Waals surface area contributed by atoms with Crippen molar-refractivity contribution >= 4 is 11.8 Å². The number of fused-ring (bicyclic) bond motifs is 5. The van der Waals surface area contributed by atoms with Gasteiger partial charge in [0.2, 0.25) is 0 Å². The molecule has 8 atom stereocenters. The van der Waals surface area contributed by atoms with E-state index in [-0.39, 0.29) is 33.5 Å². The lowest BCUT2D eigenvalue weighted by Gasteiger charge is -2.69. The predicted octanol–water partition coefficient (Wildman–Crippen LogP) is 5.77. The molecule has 4 rings (SSSR count). The van der Waals surface area contributed by atoms with Crippen molar-refractivity contribution in [1.82, 2.24) is 0 Å². The number of carbonyl (C=O) groups is 2. The van der Waals surface area contributed by atoms with Gasteiger partial charge in [0.25, 0.3) is 0 Å². The van der Waals surface area contributed by atoms with Crippen LogP contribution in [0.25, 0.3) is 0 Å². The van der Waals surface area contributed by atoms with Crippen LogP contribution < -0.4 is 0 Å². The summed E-state index contributed by atoms with van der Waals surface area (Å²) in [6.45, 7) is 16.7. The van der Waals surface area contributed by atoms with Gasteiger partial charge in [0, 0.05) is 11.8 Å². The lowest BCUT2D eigenvalue weighted by molar-refractivity contribution is -0.208. The highest BCUT2D eigenvalue weighted by Crippen LogP contribution is 2.74. The highest BCUT2D eigenvalue weighted by molar-refractivity contribution is 5.85. The van der Waals surface area contributed by atoms with Gasteiger partial charge in [0.15, 0.2) is 0 Å². The summed E-state index contributed by atoms with van der Waals surface area (Å²) in [6.07, 6.45) is 5.21. The minimum absolute atomic E-state index is 0.0205. The van der Waals surface area contributed by atoms with Crippen LogP contribution in [0.3, 0.4) is 0 Å². The lowest BCUT2D eigenvalue weighted by atomic mass is 9.36. The third kappa shape index (κ3) is 3.54. The smallest absolute Gasteiger partial charge is 0.311 e. The second-order valence-electron chi connectivity index (χ2n) is 14.4. The first-order valence-electron chi connectivity index (χ1n) is 13.8. The molecule has 0 aromatic rings. The molecule has 198 valence electrons. The number of carbonyl (C=O) groups excluding carboxylic acids is 1. The number of rotatable bonds is 5. The molecule has 3 saturated carbocycles. The molecule has 35 heavy (non-hydrogen) atoms.